The number of hydrogen-bond acceptors (Lipinski definition) is 5. The number of rotatable bonds is 7. The van der Waals surface area contributed by atoms with E-state index >= 15 is 0 Å². The van der Waals surface area contributed by atoms with Crippen molar-refractivity contribution >= 4 is 5.91 Å². The average molecular weight is 341 g/mol. The van der Waals surface area contributed by atoms with Gasteiger partial charge in [-0.2, -0.15) is 0 Å². The first-order valence-electron chi connectivity index (χ1n) is 8.62. The first kappa shape index (κ1) is 21.1. The number of amides is 1. The lowest BCUT2D eigenvalue weighted by Crippen LogP contribution is -2.68. The highest BCUT2D eigenvalue weighted by Crippen LogP contribution is 2.46. The smallest absolute Gasteiger partial charge is 0.244 e. The molecule has 0 bridgehead atoms. The Morgan fingerprint density at radius 2 is 1.54 bits per heavy atom. The number of aliphatic hydroxyl groups excluding tert-OH is 2. The molecule has 0 aromatic heterocycles. The average Bonchev–Trinajstić information content (AvgIpc) is 2.43. The van der Waals surface area contributed by atoms with E-state index in [1.54, 1.807) is 6.92 Å². The van der Waals surface area contributed by atoms with Crippen LogP contribution in [0.2, 0.25) is 0 Å². The Hall–Kier alpha value is -0.950. The van der Waals surface area contributed by atoms with Gasteiger partial charge in [-0.1, -0.05) is 6.08 Å². The maximum Gasteiger partial charge on any atom is 0.244 e. The number of aliphatic hydroxyl groups is 2. The molecular weight excluding hydrogens is 306 g/mol. The normalized spacial score (nSPS) is 23.5. The van der Waals surface area contributed by atoms with Crippen molar-refractivity contribution in [1.82, 2.24) is 9.80 Å². The zero-order chi connectivity index (χ0) is 18.8. The van der Waals surface area contributed by atoms with Crippen molar-refractivity contribution in [2.75, 3.05) is 33.4 Å². The Kier molecular flexibility index (Phi) is 6.61. The predicted octanol–water partition coefficient (Wildman–Crippen LogP) is 0.726. The number of likely N-dealkylation sites (tertiary alicyclic amines) is 1. The second-order valence-corrected chi connectivity index (χ2v) is 8.27. The third-order valence-electron chi connectivity index (χ3n) is 5.54. The lowest BCUT2D eigenvalue weighted by molar-refractivity contribution is -0.115. The van der Waals surface area contributed by atoms with Crippen molar-refractivity contribution in [3.63, 3.8) is 0 Å². The SMILES string of the molecule is CC(=CC1(N(CCO)CCO)CC(C)(C)N(C)C(C)(C)C1)C(N)=O. The quantitative estimate of drug-likeness (QED) is 0.594. The fourth-order valence-electron chi connectivity index (χ4n) is 4.31. The first-order chi connectivity index (χ1) is 10.9. The molecule has 140 valence electrons. The number of carbonyl (C=O) groups excluding carboxylic acids is 1. The monoisotopic (exact) mass is 341 g/mol. The zero-order valence-corrected chi connectivity index (χ0v) is 16.1. The summed E-state index contributed by atoms with van der Waals surface area (Å²) in [5.74, 6) is -0.433. The molecule has 24 heavy (non-hydrogen) atoms. The lowest BCUT2D eigenvalue weighted by Gasteiger charge is -2.60. The van der Waals surface area contributed by atoms with Crippen molar-refractivity contribution < 1.29 is 15.0 Å². The summed E-state index contributed by atoms with van der Waals surface area (Å²) in [7, 11) is 2.12. The highest BCUT2D eigenvalue weighted by Gasteiger charge is 2.52. The molecule has 1 aliphatic heterocycles. The number of β-amino-alcohol motifs (C(OH)–C–C–N with tert-alkyl or cyclic N) is 2. The van der Waals surface area contributed by atoms with Crippen LogP contribution < -0.4 is 5.73 Å². The van der Waals surface area contributed by atoms with Crippen LogP contribution in [0.3, 0.4) is 0 Å². The summed E-state index contributed by atoms with van der Waals surface area (Å²) in [4.78, 5) is 16.1. The third-order valence-corrected chi connectivity index (χ3v) is 5.54. The maximum atomic E-state index is 11.7. The fourth-order valence-corrected chi connectivity index (χ4v) is 4.31. The van der Waals surface area contributed by atoms with Gasteiger partial charge in [0, 0.05) is 35.3 Å². The van der Waals surface area contributed by atoms with E-state index in [2.05, 4.69) is 44.5 Å². The van der Waals surface area contributed by atoms with Crippen molar-refractivity contribution in [1.29, 1.82) is 0 Å². The lowest BCUT2D eigenvalue weighted by atomic mass is 9.67. The number of primary amides is 1. The Labute approximate surface area is 146 Å². The number of hydrogen-bond donors (Lipinski definition) is 3. The predicted molar refractivity (Wildman–Crippen MR) is 96.6 cm³/mol. The van der Waals surface area contributed by atoms with Crippen molar-refractivity contribution in [2.24, 2.45) is 5.73 Å². The summed E-state index contributed by atoms with van der Waals surface area (Å²) in [6.07, 6.45) is 3.52. The molecule has 1 fully saturated rings. The number of nitrogens with zero attached hydrogens (tertiary/aromatic N) is 2. The van der Waals surface area contributed by atoms with E-state index in [1.165, 1.54) is 0 Å². The minimum absolute atomic E-state index is 0.00189. The van der Waals surface area contributed by atoms with Gasteiger partial charge in [0.25, 0.3) is 0 Å². The van der Waals surface area contributed by atoms with Gasteiger partial charge in [0.05, 0.1) is 13.2 Å². The molecule has 6 nitrogen and oxygen atoms in total. The van der Waals surface area contributed by atoms with Gasteiger partial charge in [0.15, 0.2) is 0 Å². The fraction of sp³-hybridized carbons (Fsp3) is 0.833. The summed E-state index contributed by atoms with van der Waals surface area (Å²) < 4.78 is 0. The molecule has 0 spiro atoms. The van der Waals surface area contributed by atoms with Gasteiger partial charge in [0.1, 0.15) is 0 Å². The molecule has 0 aliphatic carbocycles. The highest BCUT2D eigenvalue weighted by molar-refractivity contribution is 5.91. The van der Waals surface area contributed by atoms with Gasteiger partial charge in [-0.15, -0.1) is 0 Å². The Morgan fingerprint density at radius 1 is 1.12 bits per heavy atom. The molecule has 0 unspecified atom stereocenters. The first-order valence-corrected chi connectivity index (χ1v) is 8.62. The molecule has 0 aromatic carbocycles. The van der Waals surface area contributed by atoms with Gasteiger partial charge >= 0.3 is 0 Å². The van der Waals surface area contributed by atoms with E-state index in [1.807, 2.05) is 6.08 Å². The van der Waals surface area contributed by atoms with Crippen molar-refractivity contribution in [3.05, 3.63) is 11.6 Å². The van der Waals surface area contributed by atoms with Crippen LogP contribution in [0.1, 0.15) is 47.5 Å². The van der Waals surface area contributed by atoms with Crippen LogP contribution in [0, 0.1) is 0 Å². The van der Waals surface area contributed by atoms with Crippen molar-refractivity contribution in [3.8, 4) is 0 Å². The molecule has 1 saturated heterocycles. The van der Waals surface area contributed by atoms with Gasteiger partial charge in [-0.05, 0) is 54.5 Å². The van der Waals surface area contributed by atoms with Crippen LogP contribution in [-0.4, -0.2) is 75.9 Å². The molecule has 1 rings (SSSR count). The molecule has 1 heterocycles. The minimum Gasteiger partial charge on any atom is -0.395 e. The number of piperidine rings is 1. The molecular formula is C18H35N3O3. The number of carbonyl (C=O) groups is 1. The van der Waals surface area contributed by atoms with Gasteiger partial charge < -0.3 is 15.9 Å². The summed E-state index contributed by atoms with van der Waals surface area (Å²) in [6, 6.07) is 0. The summed E-state index contributed by atoms with van der Waals surface area (Å²) in [6.45, 7) is 11.4. The number of nitrogens with two attached hydrogens (primary N) is 1. The van der Waals surface area contributed by atoms with Crippen LogP contribution in [-0.2, 0) is 4.79 Å². The zero-order valence-electron chi connectivity index (χ0n) is 16.1. The van der Waals surface area contributed by atoms with E-state index in [4.69, 9.17) is 5.73 Å². The van der Waals surface area contributed by atoms with Crippen LogP contribution in [0.15, 0.2) is 11.6 Å². The van der Waals surface area contributed by atoms with Crippen molar-refractivity contribution in [2.45, 2.75) is 64.1 Å². The van der Waals surface area contributed by atoms with Gasteiger partial charge in [-0.25, -0.2) is 0 Å². The molecule has 0 atom stereocenters. The minimum atomic E-state index is -0.440. The summed E-state index contributed by atoms with van der Waals surface area (Å²) in [5.41, 5.74) is 5.34. The molecule has 0 aromatic rings. The van der Waals surface area contributed by atoms with Crippen LogP contribution in [0.4, 0.5) is 0 Å². The van der Waals surface area contributed by atoms with E-state index in [0.29, 0.717) is 18.7 Å². The summed E-state index contributed by atoms with van der Waals surface area (Å²) >= 11 is 0. The summed E-state index contributed by atoms with van der Waals surface area (Å²) in [5, 5.41) is 19.0. The topological polar surface area (TPSA) is 90.0 Å². The molecule has 6 heteroatoms. The van der Waals surface area contributed by atoms with Crippen LogP contribution in [0.25, 0.3) is 0 Å². The van der Waals surface area contributed by atoms with Crippen LogP contribution in [0.5, 0.6) is 0 Å². The highest BCUT2D eigenvalue weighted by atomic mass is 16.3. The molecule has 1 aliphatic rings. The van der Waals surface area contributed by atoms with E-state index in [9.17, 15) is 15.0 Å². The Morgan fingerprint density at radius 3 is 1.88 bits per heavy atom. The second kappa shape index (κ2) is 7.52. The van der Waals surface area contributed by atoms with Gasteiger partial charge in [0.2, 0.25) is 5.91 Å². The Balaban J connectivity index is 3.48. The van der Waals surface area contributed by atoms with E-state index in [0.717, 1.165) is 12.8 Å². The third kappa shape index (κ3) is 4.36. The Bertz CT molecular complexity index is 462. The van der Waals surface area contributed by atoms with Gasteiger partial charge in [-0.3, -0.25) is 14.6 Å². The maximum absolute atomic E-state index is 11.7. The van der Waals surface area contributed by atoms with E-state index < -0.39 is 11.4 Å². The molecule has 0 saturated carbocycles. The second-order valence-electron chi connectivity index (χ2n) is 8.27. The standard InChI is InChI=1S/C18H35N3O3/c1-14(15(19)24)11-18(21(7-9-22)8-10-23)12-16(2,3)20(6)17(4,5)13-18/h11,22-23H,7-10,12-13H2,1-6H3,(H2,19,24). The van der Waals surface area contributed by atoms with E-state index in [-0.39, 0.29) is 24.3 Å². The molecule has 1 amide bonds. The van der Waals surface area contributed by atoms with Crippen LogP contribution >= 0.6 is 0 Å². The molecule has 0 radical (unpaired) electrons. The molecule has 4 N–H and O–H groups in total. The largest absolute Gasteiger partial charge is 0.395 e.